The number of ether oxygens (including phenoxy) is 1. The van der Waals surface area contributed by atoms with Gasteiger partial charge in [0.25, 0.3) is 0 Å². The zero-order valence-electron chi connectivity index (χ0n) is 20.9. The van der Waals surface area contributed by atoms with Gasteiger partial charge in [0.1, 0.15) is 23.2 Å². The Morgan fingerprint density at radius 2 is 2.00 bits per heavy atom. The van der Waals surface area contributed by atoms with E-state index >= 15 is 0 Å². The van der Waals surface area contributed by atoms with Gasteiger partial charge >= 0.3 is 0 Å². The van der Waals surface area contributed by atoms with Crippen LogP contribution < -0.4 is 10.1 Å². The van der Waals surface area contributed by atoms with E-state index < -0.39 is 5.82 Å². The van der Waals surface area contributed by atoms with E-state index in [1.165, 1.54) is 35.5 Å². The molecule has 2 aromatic heterocycles. The van der Waals surface area contributed by atoms with Crippen molar-refractivity contribution in [2.45, 2.75) is 25.2 Å². The van der Waals surface area contributed by atoms with E-state index in [4.69, 9.17) is 21.3 Å². The molecular weight excluding hydrogens is 557 g/mol. The van der Waals surface area contributed by atoms with Crippen LogP contribution in [0.4, 0.5) is 10.1 Å². The molecule has 3 aromatic carbocycles. The van der Waals surface area contributed by atoms with Crippen molar-refractivity contribution in [2.75, 3.05) is 11.1 Å². The largest absolute Gasteiger partial charge is 0.484 e. The van der Waals surface area contributed by atoms with E-state index in [1.54, 1.807) is 22.0 Å². The minimum atomic E-state index is -0.446. The molecule has 0 fully saturated rings. The molecule has 0 bridgehead atoms. The fourth-order valence-electron chi connectivity index (χ4n) is 3.76. The van der Waals surface area contributed by atoms with Gasteiger partial charge in [0.15, 0.2) is 11.0 Å². The van der Waals surface area contributed by atoms with Crippen molar-refractivity contribution in [2.24, 2.45) is 0 Å². The van der Waals surface area contributed by atoms with Gasteiger partial charge in [-0.05, 0) is 67.1 Å². The lowest BCUT2D eigenvalue weighted by Gasteiger charge is -2.10. The molecule has 5 rings (SSSR count). The Labute approximate surface area is 237 Å². The fraction of sp³-hybridized carbons (Fsp3) is 0.143. The molecule has 0 aliphatic carbocycles. The predicted molar refractivity (Wildman–Crippen MR) is 155 cm³/mol. The Kier molecular flexibility index (Phi) is 8.25. The van der Waals surface area contributed by atoms with Gasteiger partial charge in [0, 0.05) is 17.8 Å². The van der Waals surface area contributed by atoms with Crippen LogP contribution in [0.1, 0.15) is 11.4 Å². The molecule has 0 saturated heterocycles. The summed E-state index contributed by atoms with van der Waals surface area (Å²) in [5, 5.41) is 13.0. The normalized spacial score (nSPS) is 11.1. The molecule has 0 spiro atoms. The molecule has 7 nitrogen and oxygen atoms in total. The molecule has 0 saturated carbocycles. The number of carbonyl (C=O) groups excluding carboxylic acids is 1. The second-order valence-electron chi connectivity index (χ2n) is 8.57. The second-order valence-corrected chi connectivity index (χ2v) is 10.9. The standard InChI is InChI=1S/C28H23ClFN5O2S2/c1-3-12-35-25(15-37-23-11-7-19(30)14-21(23)29)33-34-28(35)38-16-26(36)31-20-8-5-18(6-9-20)27-32-22-10-4-17(2)13-24(22)39-27/h3-11,13-14H,1,12,15-16H2,2H3,(H,31,36). The molecular formula is C28H23ClFN5O2S2. The van der Waals surface area contributed by atoms with Gasteiger partial charge in [-0.2, -0.15) is 0 Å². The van der Waals surface area contributed by atoms with Crippen molar-refractivity contribution in [3.05, 3.63) is 95.5 Å². The summed E-state index contributed by atoms with van der Waals surface area (Å²) in [6.45, 7) is 6.35. The third-order valence-electron chi connectivity index (χ3n) is 5.65. The molecule has 0 atom stereocenters. The number of hydrogen-bond donors (Lipinski definition) is 1. The van der Waals surface area contributed by atoms with Crippen LogP contribution in [-0.4, -0.2) is 31.4 Å². The van der Waals surface area contributed by atoms with Gasteiger partial charge < -0.3 is 10.1 Å². The average molecular weight is 580 g/mol. The first-order valence-corrected chi connectivity index (χ1v) is 14.1. The number of halogens is 2. The van der Waals surface area contributed by atoms with Crippen LogP contribution in [0, 0.1) is 12.7 Å². The van der Waals surface area contributed by atoms with Gasteiger partial charge in [-0.1, -0.05) is 35.5 Å². The summed E-state index contributed by atoms with van der Waals surface area (Å²) in [4.78, 5) is 17.4. The molecule has 39 heavy (non-hydrogen) atoms. The van der Waals surface area contributed by atoms with Gasteiger partial charge in [-0.25, -0.2) is 9.37 Å². The van der Waals surface area contributed by atoms with E-state index in [-0.39, 0.29) is 23.3 Å². The van der Waals surface area contributed by atoms with Crippen LogP contribution in [0.3, 0.4) is 0 Å². The SMILES string of the molecule is C=CCn1c(COc2ccc(F)cc2Cl)nnc1SCC(=O)Nc1ccc(-c2nc3ccc(C)cc3s2)cc1. The molecule has 11 heteroatoms. The number of nitrogens with one attached hydrogen (secondary N) is 1. The van der Waals surface area contributed by atoms with E-state index in [9.17, 15) is 9.18 Å². The smallest absolute Gasteiger partial charge is 0.234 e. The van der Waals surface area contributed by atoms with E-state index in [2.05, 4.69) is 41.1 Å². The number of benzene rings is 3. The van der Waals surface area contributed by atoms with Crippen LogP contribution >= 0.6 is 34.7 Å². The maximum Gasteiger partial charge on any atom is 0.234 e. The summed E-state index contributed by atoms with van der Waals surface area (Å²) in [5.74, 6) is 0.382. The fourth-order valence-corrected chi connectivity index (χ4v) is 5.82. The lowest BCUT2D eigenvalue weighted by Crippen LogP contribution is -2.15. The summed E-state index contributed by atoms with van der Waals surface area (Å²) in [6, 6.07) is 17.8. The van der Waals surface area contributed by atoms with Crippen molar-refractivity contribution in [3.63, 3.8) is 0 Å². The highest BCUT2D eigenvalue weighted by Gasteiger charge is 2.15. The number of aromatic nitrogens is 4. The third kappa shape index (κ3) is 6.47. The number of rotatable bonds is 10. The first-order valence-electron chi connectivity index (χ1n) is 11.9. The molecule has 2 heterocycles. The molecule has 1 N–H and O–H groups in total. The summed E-state index contributed by atoms with van der Waals surface area (Å²) in [7, 11) is 0. The first-order chi connectivity index (χ1) is 18.9. The van der Waals surface area contributed by atoms with Crippen molar-refractivity contribution in [3.8, 4) is 16.3 Å². The minimum Gasteiger partial charge on any atom is -0.484 e. The van der Waals surface area contributed by atoms with Crippen molar-refractivity contribution < 1.29 is 13.9 Å². The number of anilines is 1. The number of nitrogens with zero attached hydrogens (tertiary/aromatic N) is 4. The molecule has 1 amide bonds. The highest BCUT2D eigenvalue weighted by Crippen LogP contribution is 2.31. The van der Waals surface area contributed by atoms with Crippen LogP contribution in [0.5, 0.6) is 5.75 Å². The van der Waals surface area contributed by atoms with Crippen LogP contribution in [-0.2, 0) is 17.9 Å². The number of thioether (sulfide) groups is 1. The monoisotopic (exact) mass is 579 g/mol. The van der Waals surface area contributed by atoms with E-state index in [1.807, 2.05) is 30.3 Å². The second kappa shape index (κ2) is 12.0. The van der Waals surface area contributed by atoms with Crippen molar-refractivity contribution >= 4 is 56.5 Å². The molecule has 0 aliphatic rings. The number of aryl methyl sites for hydroxylation is 1. The van der Waals surface area contributed by atoms with E-state index in [0.29, 0.717) is 29.0 Å². The van der Waals surface area contributed by atoms with Gasteiger partial charge in [-0.3, -0.25) is 9.36 Å². The zero-order valence-corrected chi connectivity index (χ0v) is 23.2. The maximum atomic E-state index is 13.3. The number of thiazole rings is 1. The number of hydrogen-bond acceptors (Lipinski definition) is 7. The van der Waals surface area contributed by atoms with E-state index in [0.717, 1.165) is 20.8 Å². The Bertz CT molecular complexity index is 1650. The summed E-state index contributed by atoms with van der Waals surface area (Å²) >= 11 is 8.94. The molecule has 0 aliphatic heterocycles. The Morgan fingerprint density at radius 1 is 1.18 bits per heavy atom. The number of carbonyl (C=O) groups is 1. The van der Waals surface area contributed by atoms with Crippen LogP contribution in [0.2, 0.25) is 5.02 Å². The Hall–Kier alpha value is -3.73. The summed E-state index contributed by atoms with van der Waals surface area (Å²) < 4.78 is 21.9. The quantitative estimate of drug-likeness (QED) is 0.140. The first kappa shape index (κ1) is 26.9. The zero-order chi connectivity index (χ0) is 27.4. The van der Waals surface area contributed by atoms with Gasteiger partial charge in [-0.15, -0.1) is 28.1 Å². The molecule has 0 radical (unpaired) electrons. The Morgan fingerprint density at radius 3 is 2.77 bits per heavy atom. The van der Waals surface area contributed by atoms with Crippen molar-refractivity contribution in [1.82, 2.24) is 19.7 Å². The average Bonchev–Trinajstić information content (AvgIpc) is 3.51. The molecule has 0 unspecified atom stereocenters. The highest BCUT2D eigenvalue weighted by molar-refractivity contribution is 7.99. The number of amides is 1. The predicted octanol–water partition coefficient (Wildman–Crippen LogP) is 7.15. The van der Waals surface area contributed by atoms with Crippen LogP contribution in [0.25, 0.3) is 20.8 Å². The van der Waals surface area contributed by atoms with Gasteiger partial charge in [0.05, 0.1) is 21.0 Å². The highest BCUT2D eigenvalue weighted by atomic mass is 35.5. The van der Waals surface area contributed by atoms with Crippen molar-refractivity contribution in [1.29, 1.82) is 0 Å². The molecule has 198 valence electrons. The summed E-state index contributed by atoms with van der Waals surface area (Å²) in [6.07, 6.45) is 1.70. The lowest BCUT2D eigenvalue weighted by molar-refractivity contribution is -0.113. The number of fused-ring (bicyclic) bond motifs is 1. The third-order valence-corrected chi connectivity index (χ3v) is 7.98. The van der Waals surface area contributed by atoms with Crippen LogP contribution in [0.15, 0.2) is 78.5 Å². The number of allylic oxidation sites excluding steroid dienone is 1. The van der Waals surface area contributed by atoms with Gasteiger partial charge in [0.2, 0.25) is 5.91 Å². The topological polar surface area (TPSA) is 81.9 Å². The summed E-state index contributed by atoms with van der Waals surface area (Å²) in [5.41, 5.74) is 3.87. The lowest BCUT2D eigenvalue weighted by atomic mass is 10.2. The Balaban J connectivity index is 1.19. The molecule has 5 aromatic rings. The maximum absolute atomic E-state index is 13.3. The minimum absolute atomic E-state index is 0.0690.